The van der Waals surface area contributed by atoms with Crippen LogP contribution in [0, 0.1) is 0 Å². The van der Waals surface area contributed by atoms with Gasteiger partial charge < -0.3 is 15.0 Å². The molecule has 1 aliphatic heterocycles. The van der Waals surface area contributed by atoms with Crippen LogP contribution in [-0.2, 0) is 6.54 Å². The van der Waals surface area contributed by atoms with Gasteiger partial charge in [-0.05, 0) is 12.1 Å². The maximum Gasteiger partial charge on any atom is 0.0710 e. The van der Waals surface area contributed by atoms with Crippen molar-refractivity contribution in [2.75, 3.05) is 13.2 Å². The quantitative estimate of drug-likeness (QED) is 0.600. The van der Waals surface area contributed by atoms with Crippen LogP contribution in [0.15, 0.2) is 18.3 Å². The van der Waals surface area contributed by atoms with Crippen LogP contribution >= 0.6 is 0 Å². The first kappa shape index (κ1) is 6.88. The Bertz CT molecular complexity index is 244. The van der Waals surface area contributed by atoms with Gasteiger partial charge in [0.15, 0.2) is 0 Å². The molecule has 2 heterocycles. The van der Waals surface area contributed by atoms with Crippen molar-refractivity contribution < 1.29 is 5.11 Å². The first-order chi connectivity index (χ1) is 5.42. The number of nitrogens with one attached hydrogen (secondary N) is 1. The number of aliphatic hydroxyl groups excluding tert-OH is 1. The van der Waals surface area contributed by atoms with Crippen LogP contribution in [0.3, 0.4) is 0 Å². The normalized spacial score (nSPS) is 23.2. The number of hydrogen-bond acceptors (Lipinski definition) is 2. The second kappa shape index (κ2) is 2.68. The van der Waals surface area contributed by atoms with Gasteiger partial charge in [0.25, 0.3) is 0 Å². The lowest BCUT2D eigenvalue weighted by molar-refractivity contribution is 0.227. The van der Waals surface area contributed by atoms with Crippen LogP contribution in [0.25, 0.3) is 0 Å². The molecule has 0 saturated heterocycles. The zero-order chi connectivity index (χ0) is 7.68. The van der Waals surface area contributed by atoms with Crippen LogP contribution in [0.4, 0.5) is 0 Å². The maximum atomic E-state index is 8.98. The Morgan fingerprint density at radius 2 is 2.64 bits per heavy atom. The molecule has 1 aliphatic rings. The van der Waals surface area contributed by atoms with E-state index in [0.29, 0.717) is 0 Å². The number of fused-ring (bicyclic) bond motifs is 1. The standard InChI is InChI=1S/C8H12N2O/c11-6-7-8-2-1-4-10(8)5-3-9-7/h1-2,4,7,9,11H,3,5-6H2. The fourth-order valence-corrected chi connectivity index (χ4v) is 1.57. The summed E-state index contributed by atoms with van der Waals surface area (Å²) < 4.78 is 2.18. The van der Waals surface area contributed by atoms with E-state index in [4.69, 9.17) is 5.11 Å². The number of aliphatic hydroxyl groups is 1. The first-order valence-corrected chi connectivity index (χ1v) is 3.91. The highest BCUT2D eigenvalue weighted by Crippen LogP contribution is 2.16. The second-order valence-electron chi connectivity index (χ2n) is 2.82. The van der Waals surface area contributed by atoms with Crippen molar-refractivity contribution >= 4 is 0 Å². The monoisotopic (exact) mass is 152 g/mol. The molecule has 2 N–H and O–H groups in total. The third kappa shape index (κ3) is 1.06. The van der Waals surface area contributed by atoms with Crippen molar-refractivity contribution in [3.63, 3.8) is 0 Å². The average molecular weight is 152 g/mol. The van der Waals surface area contributed by atoms with E-state index in [0.717, 1.165) is 13.1 Å². The molecule has 2 rings (SSSR count). The molecule has 60 valence electrons. The molecule has 1 aromatic heterocycles. The van der Waals surface area contributed by atoms with Gasteiger partial charge in [0, 0.05) is 25.0 Å². The molecule has 1 unspecified atom stereocenters. The van der Waals surface area contributed by atoms with E-state index in [2.05, 4.69) is 16.1 Å². The SMILES string of the molecule is OCC1NCCn2cccc21. The summed E-state index contributed by atoms with van der Waals surface area (Å²) in [4.78, 5) is 0. The highest BCUT2D eigenvalue weighted by molar-refractivity contribution is 5.13. The van der Waals surface area contributed by atoms with Crippen LogP contribution in [0.2, 0.25) is 0 Å². The van der Waals surface area contributed by atoms with E-state index in [1.54, 1.807) is 0 Å². The minimum absolute atomic E-state index is 0.138. The molecule has 0 bridgehead atoms. The minimum Gasteiger partial charge on any atom is -0.394 e. The van der Waals surface area contributed by atoms with Crippen molar-refractivity contribution in [3.05, 3.63) is 24.0 Å². The molecule has 0 aliphatic carbocycles. The molecule has 0 amide bonds. The van der Waals surface area contributed by atoms with E-state index in [-0.39, 0.29) is 12.6 Å². The molecule has 1 atom stereocenters. The van der Waals surface area contributed by atoms with Gasteiger partial charge in [-0.25, -0.2) is 0 Å². The van der Waals surface area contributed by atoms with Gasteiger partial charge in [-0.3, -0.25) is 0 Å². The third-order valence-electron chi connectivity index (χ3n) is 2.15. The van der Waals surface area contributed by atoms with Gasteiger partial charge >= 0.3 is 0 Å². The highest BCUT2D eigenvalue weighted by Gasteiger charge is 2.17. The summed E-state index contributed by atoms with van der Waals surface area (Å²) in [5, 5.41) is 12.2. The predicted molar refractivity (Wildman–Crippen MR) is 42.3 cm³/mol. The highest BCUT2D eigenvalue weighted by atomic mass is 16.3. The van der Waals surface area contributed by atoms with Gasteiger partial charge in [0.1, 0.15) is 0 Å². The molecule has 0 radical (unpaired) electrons. The Hall–Kier alpha value is -0.800. The molecule has 3 heteroatoms. The predicted octanol–water partition coefficient (Wildman–Crippen LogP) is 0.125. The number of aromatic nitrogens is 1. The lowest BCUT2D eigenvalue weighted by Crippen LogP contribution is -2.34. The Labute approximate surface area is 65.6 Å². The summed E-state index contributed by atoms with van der Waals surface area (Å²) in [6, 6.07) is 4.21. The smallest absolute Gasteiger partial charge is 0.0710 e. The summed E-state index contributed by atoms with van der Waals surface area (Å²) in [6.07, 6.45) is 2.05. The number of hydrogen-bond donors (Lipinski definition) is 2. The number of rotatable bonds is 1. The number of nitrogens with zero attached hydrogens (tertiary/aromatic N) is 1. The molecule has 0 fully saturated rings. The minimum atomic E-state index is 0.138. The molecule has 3 nitrogen and oxygen atoms in total. The fourth-order valence-electron chi connectivity index (χ4n) is 1.57. The van der Waals surface area contributed by atoms with Crippen molar-refractivity contribution in [3.8, 4) is 0 Å². The van der Waals surface area contributed by atoms with Crippen molar-refractivity contribution in [1.29, 1.82) is 0 Å². The van der Waals surface area contributed by atoms with Crippen LogP contribution in [0.1, 0.15) is 11.7 Å². The zero-order valence-electron chi connectivity index (χ0n) is 6.33. The summed E-state index contributed by atoms with van der Waals surface area (Å²) in [7, 11) is 0. The third-order valence-corrected chi connectivity index (χ3v) is 2.15. The Morgan fingerprint density at radius 3 is 3.45 bits per heavy atom. The van der Waals surface area contributed by atoms with Crippen LogP contribution < -0.4 is 5.32 Å². The van der Waals surface area contributed by atoms with Crippen molar-refractivity contribution in [2.24, 2.45) is 0 Å². The van der Waals surface area contributed by atoms with Gasteiger partial charge in [0.05, 0.1) is 12.6 Å². The van der Waals surface area contributed by atoms with Gasteiger partial charge in [-0.1, -0.05) is 0 Å². The maximum absolute atomic E-state index is 8.98. The summed E-state index contributed by atoms with van der Waals surface area (Å²) >= 11 is 0. The lowest BCUT2D eigenvalue weighted by Gasteiger charge is -2.24. The molecule has 1 aromatic rings. The van der Waals surface area contributed by atoms with Crippen molar-refractivity contribution in [2.45, 2.75) is 12.6 Å². The van der Waals surface area contributed by atoms with E-state index in [1.807, 2.05) is 12.1 Å². The Balaban J connectivity index is 2.32. The molecule has 0 spiro atoms. The van der Waals surface area contributed by atoms with Crippen LogP contribution in [0.5, 0.6) is 0 Å². The van der Waals surface area contributed by atoms with Crippen molar-refractivity contribution in [1.82, 2.24) is 9.88 Å². The Morgan fingerprint density at radius 1 is 1.73 bits per heavy atom. The Kier molecular flexibility index (Phi) is 1.68. The second-order valence-corrected chi connectivity index (χ2v) is 2.82. The zero-order valence-corrected chi connectivity index (χ0v) is 6.33. The van der Waals surface area contributed by atoms with Gasteiger partial charge in [0.2, 0.25) is 0 Å². The summed E-state index contributed by atoms with van der Waals surface area (Å²) in [5.74, 6) is 0. The summed E-state index contributed by atoms with van der Waals surface area (Å²) in [5.41, 5.74) is 1.19. The van der Waals surface area contributed by atoms with Crippen LogP contribution in [-0.4, -0.2) is 22.8 Å². The molecular formula is C8H12N2O. The van der Waals surface area contributed by atoms with E-state index < -0.39 is 0 Å². The van der Waals surface area contributed by atoms with Gasteiger partial charge in [-0.2, -0.15) is 0 Å². The molecular weight excluding hydrogens is 140 g/mol. The summed E-state index contributed by atoms with van der Waals surface area (Å²) in [6.45, 7) is 2.15. The van der Waals surface area contributed by atoms with E-state index in [1.165, 1.54) is 5.69 Å². The largest absolute Gasteiger partial charge is 0.394 e. The average Bonchev–Trinajstić information content (AvgIpc) is 2.50. The van der Waals surface area contributed by atoms with E-state index in [9.17, 15) is 0 Å². The fraction of sp³-hybridized carbons (Fsp3) is 0.500. The lowest BCUT2D eigenvalue weighted by atomic mass is 10.2. The topological polar surface area (TPSA) is 37.2 Å². The molecule has 0 saturated carbocycles. The first-order valence-electron chi connectivity index (χ1n) is 3.91. The molecule has 0 aromatic carbocycles. The van der Waals surface area contributed by atoms with Gasteiger partial charge in [-0.15, -0.1) is 0 Å². The van der Waals surface area contributed by atoms with E-state index >= 15 is 0 Å². The molecule has 11 heavy (non-hydrogen) atoms.